The highest BCUT2D eigenvalue weighted by Crippen LogP contribution is 2.29. The zero-order chi connectivity index (χ0) is 23.6. The number of amides is 1. The summed E-state index contributed by atoms with van der Waals surface area (Å²) >= 11 is 0. The number of fused-ring (bicyclic) bond motifs is 1. The highest BCUT2D eigenvalue weighted by Gasteiger charge is 2.28. The van der Waals surface area contributed by atoms with Gasteiger partial charge >= 0.3 is 0 Å². The minimum atomic E-state index is 0.0233. The summed E-state index contributed by atoms with van der Waals surface area (Å²) in [6, 6.07) is 11.9. The maximum atomic E-state index is 12.6. The Bertz CT molecular complexity index is 1140. The number of pyridine rings is 1. The fourth-order valence-corrected chi connectivity index (χ4v) is 4.19. The third-order valence-corrected chi connectivity index (χ3v) is 5.52. The summed E-state index contributed by atoms with van der Waals surface area (Å²) in [5.41, 5.74) is 3.81. The second-order valence-corrected chi connectivity index (χ2v) is 9.73. The van der Waals surface area contributed by atoms with E-state index < -0.39 is 0 Å². The standard InChI is InChI=1S/C26H31N5O2/c1-18-9-10-21-12-23(32)31(25(21)29-18)15-19-7-6-8-20(11-19)24-27-13-22(14-28-24)33-17-26(2,3)16-30(4)5/h6-11,13-14H,12,15-17H2,1-5H3. The van der Waals surface area contributed by atoms with Crippen LogP contribution >= 0.6 is 0 Å². The fraction of sp³-hybridized carbons (Fsp3) is 0.385. The number of hydrogen-bond donors (Lipinski definition) is 0. The van der Waals surface area contributed by atoms with Gasteiger partial charge in [-0.2, -0.15) is 0 Å². The summed E-state index contributed by atoms with van der Waals surface area (Å²) in [7, 11) is 4.12. The summed E-state index contributed by atoms with van der Waals surface area (Å²) in [6.45, 7) is 8.27. The fourth-order valence-electron chi connectivity index (χ4n) is 4.19. The van der Waals surface area contributed by atoms with Gasteiger partial charge < -0.3 is 9.64 Å². The second kappa shape index (κ2) is 9.27. The first-order valence-electron chi connectivity index (χ1n) is 11.2. The first kappa shape index (κ1) is 22.9. The van der Waals surface area contributed by atoms with Crippen LogP contribution in [0.1, 0.15) is 30.7 Å². The van der Waals surface area contributed by atoms with Crippen molar-refractivity contribution in [1.82, 2.24) is 19.9 Å². The van der Waals surface area contributed by atoms with E-state index in [1.807, 2.05) is 43.3 Å². The zero-order valence-electron chi connectivity index (χ0n) is 20.0. The molecule has 0 bridgehead atoms. The molecule has 1 aromatic carbocycles. The first-order valence-corrected chi connectivity index (χ1v) is 11.2. The van der Waals surface area contributed by atoms with Crippen molar-refractivity contribution in [2.24, 2.45) is 5.41 Å². The number of hydrogen-bond acceptors (Lipinski definition) is 6. The predicted molar refractivity (Wildman–Crippen MR) is 129 cm³/mol. The maximum absolute atomic E-state index is 12.6. The van der Waals surface area contributed by atoms with Gasteiger partial charge in [-0.15, -0.1) is 0 Å². The van der Waals surface area contributed by atoms with Crippen molar-refractivity contribution in [2.75, 3.05) is 32.1 Å². The van der Waals surface area contributed by atoms with Gasteiger partial charge in [0.1, 0.15) is 5.82 Å². The Hall–Kier alpha value is -3.32. The first-order chi connectivity index (χ1) is 15.7. The van der Waals surface area contributed by atoms with Crippen LogP contribution < -0.4 is 9.64 Å². The van der Waals surface area contributed by atoms with E-state index in [9.17, 15) is 4.79 Å². The molecule has 1 amide bonds. The van der Waals surface area contributed by atoms with Crippen molar-refractivity contribution < 1.29 is 9.53 Å². The molecule has 0 unspecified atom stereocenters. The molecule has 0 atom stereocenters. The van der Waals surface area contributed by atoms with Gasteiger partial charge in [-0.1, -0.05) is 38.1 Å². The van der Waals surface area contributed by atoms with E-state index in [1.165, 1.54) is 0 Å². The summed E-state index contributed by atoms with van der Waals surface area (Å²) in [5.74, 6) is 2.12. The lowest BCUT2D eigenvalue weighted by Crippen LogP contribution is -2.33. The van der Waals surface area contributed by atoms with Crippen molar-refractivity contribution in [3.05, 3.63) is 65.6 Å². The number of carbonyl (C=O) groups is 1. The monoisotopic (exact) mass is 445 g/mol. The van der Waals surface area contributed by atoms with E-state index in [0.717, 1.165) is 34.7 Å². The molecule has 1 aliphatic rings. The molecule has 4 rings (SSSR count). The molecule has 0 spiro atoms. The number of ether oxygens (including phenoxy) is 1. The summed E-state index contributed by atoms with van der Waals surface area (Å²) in [6.07, 6.45) is 3.83. The molecule has 33 heavy (non-hydrogen) atoms. The average Bonchev–Trinajstić information content (AvgIpc) is 3.06. The van der Waals surface area contributed by atoms with E-state index in [2.05, 4.69) is 47.8 Å². The average molecular weight is 446 g/mol. The highest BCUT2D eigenvalue weighted by atomic mass is 16.5. The number of carbonyl (C=O) groups excluding carboxylic acids is 1. The largest absolute Gasteiger partial charge is 0.490 e. The number of nitrogens with zero attached hydrogens (tertiary/aromatic N) is 5. The van der Waals surface area contributed by atoms with Crippen molar-refractivity contribution in [3.8, 4) is 17.1 Å². The molecule has 172 valence electrons. The van der Waals surface area contributed by atoms with Gasteiger partial charge in [-0.05, 0) is 38.7 Å². The van der Waals surface area contributed by atoms with Gasteiger partial charge in [-0.25, -0.2) is 15.0 Å². The van der Waals surface area contributed by atoms with Gasteiger partial charge in [0.15, 0.2) is 11.6 Å². The quantitative estimate of drug-likeness (QED) is 0.524. The van der Waals surface area contributed by atoms with Crippen LogP contribution in [0.2, 0.25) is 0 Å². The molecule has 0 aliphatic carbocycles. The van der Waals surface area contributed by atoms with Crippen LogP contribution in [-0.4, -0.2) is 53.0 Å². The molecule has 1 aliphatic heterocycles. The van der Waals surface area contributed by atoms with Crippen LogP contribution in [0.4, 0.5) is 5.82 Å². The molecule has 3 heterocycles. The Kier molecular flexibility index (Phi) is 6.42. The molecule has 2 aromatic heterocycles. The van der Waals surface area contributed by atoms with Gasteiger partial charge in [0.2, 0.25) is 5.91 Å². The number of benzene rings is 1. The van der Waals surface area contributed by atoms with Crippen LogP contribution in [0.5, 0.6) is 5.75 Å². The molecule has 0 radical (unpaired) electrons. The van der Waals surface area contributed by atoms with Gasteiger partial charge in [0.05, 0.1) is 32.0 Å². The van der Waals surface area contributed by atoms with E-state index in [1.54, 1.807) is 17.3 Å². The number of aromatic nitrogens is 3. The summed E-state index contributed by atoms with van der Waals surface area (Å²) < 4.78 is 5.93. The number of rotatable bonds is 8. The predicted octanol–water partition coefficient (Wildman–Crippen LogP) is 3.90. The van der Waals surface area contributed by atoms with Gasteiger partial charge in [0, 0.05) is 28.8 Å². The van der Waals surface area contributed by atoms with Crippen molar-refractivity contribution in [1.29, 1.82) is 0 Å². The van der Waals surface area contributed by atoms with E-state index >= 15 is 0 Å². The van der Waals surface area contributed by atoms with E-state index in [4.69, 9.17) is 4.74 Å². The third kappa shape index (κ3) is 5.54. The molecule has 7 heteroatoms. The highest BCUT2D eigenvalue weighted by molar-refractivity contribution is 6.00. The smallest absolute Gasteiger partial charge is 0.233 e. The SMILES string of the molecule is Cc1ccc2c(n1)N(Cc1cccc(-c3ncc(OCC(C)(C)CN(C)C)cn3)c1)C(=O)C2. The van der Waals surface area contributed by atoms with Crippen LogP contribution in [-0.2, 0) is 17.8 Å². The molecule has 0 saturated carbocycles. The Balaban J connectivity index is 1.45. The van der Waals surface area contributed by atoms with Gasteiger partial charge in [0.25, 0.3) is 0 Å². The van der Waals surface area contributed by atoms with Crippen LogP contribution in [0.15, 0.2) is 48.8 Å². The van der Waals surface area contributed by atoms with Crippen LogP contribution in [0.3, 0.4) is 0 Å². The topological polar surface area (TPSA) is 71.5 Å². The van der Waals surface area contributed by atoms with Crippen LogP contribution in [0.25, 0.3) is 11.4 Å². The molecule has 0 fully saturated rings. The normalized spacial score (nSPS) is 13.5. The molecule has 7 nitrogen and oxygen atoms in total. The Morgan fingerprint density at radius 1 is 1.12 bits per heavy atom. The van der Waals surface area contributed by atoms with Crippen molar-refractivity contribution in [3.63, 3.8) is 0 Å². The lowest BCUT2D eigenvalue weighted by molar-refractivity contribution is -0.117. The summed E-state index contributed by atoms with van der Waals surface area (Å²) in [4.78, 5) is 30.1. The molecular formula is C26H31N5O2. The third-order valence-electron chi connectivity index (χ3n) is 5.52. The Morgan fingerprint density at radius 3 is 2.61 bits per heavy atom. The Labute approximate surface area is 195 Å². The second-order valence-electron chi connectivity index (χ2n) is 9.73. The minimum absolute atomic E-state index is 0.0233. The number of aryl methyl sites for hydroxylation is 1. The van der Waals surface area contributed by atoms with E-state index in [0.29, 0.717) is 31.1 Å². The zero-order valence-corrected chi connectivity index (χ0v) is 20.0. The lowest BCUT2D eigenvalue weighted by atomic mass is 9.94. The van der Waals surface area contributed by atoms with Crippen molar-refractivity contribution >= 4 is 11.7 Å². The lowest BCUT2D eigenvalue weighted by Gasteiger charge is -2.27. The molecular weight excluding hydrogens is 414 g/mol. The molecule has 0 saturated heterocycles. The number of anilines is 1. The maximum Gasteiger partial charge on any atom is 0.233 e. The van der Waals surface area contributed by atoms with Gasteiger partial charge in [-0.3, -0.25) is 9.69 Å². The van der Waals surface area contributed by atoms with E-state index in [-0.39, 0.29) is 11.3 Å². The Morgan fingerprint density at radius 2 is 1.88 bits per heavy atom. The molecule has 0 N–H and O–H groups in total. The summed E-state index contributed by atoms with van der Waals surface area (Å²) in [5, 5.41) is 0. The minimum Gasteiger partial charge on any atom is -0.490 e. The molecule has 3 aromatic rings. The van der Waals surface area contributed by atoms with Crippen LogP contribution in [0, 0.1) is 12.3 Å². The van der Waals surface area contributed by atoms with Crippen molar-refractivity contribution in [2.45, 2.75) is 33.7 Å².